The second-order valence-electron chi connectivity index (χ2n) is 8.39. The zero-order chi connectivity index (χ0) is 23.9. The highest BCUT2D eigenvalue weighted by Crippen LogP contribution is 2.38. The maximum Gasteiger partial charge on any atom is 0.255 e. The van der Waals surface area contributed by atoms with E-state index in [1.54, 1.807) is 31.2 Å². The molecular weight excluding hydrogens is 465 g/mol. The number of nitrogens with zero attached hydrogens (tertiary/aromatic N) is 3. The maximum atomic E-state index is 13.0. The molecule has 0 aromatic heterocycles. The molecule has 1 saturated heterocycles. The van der Waals surface area contributed by atoms with E-state index in [-0.39, 0.29) is 30.8 Å². The van der Waals surface area contributed by atoms with Crippen LogP contribution in [0.4, 0.5) is 0 Å². The molecule has 172 valence electrons. The van der Waals surface area contributed by atoms with Crippen LogP contribution in [0.5, 0.6) is 0 Å². The Labute approximate surface area is 201 Å². The van der Waals surface area contributed by atoms with Crippen molar-refractivity contribution in [2.24, 2.45) is 5.16 Å². The second kappa shape index (κ2) is 8.80. The number of carbonyl (C=O) groups is 3. The van der Waals surface area contributed by atoms with Crippen LogP contribution in [0.25, 0.3) is 0 Å². The van der Waals surface area contributed by atoms with Crippen molar-refractivity contribution in [1.82, 2.24) is 9.80 Å². The van der Waals surface area contributed by atoms with Gasteiger partial charge in [-0.15, -0.1) is 0 Å². The summed E-state index contributed by atoms with van der Waals surface area (Å²) in [4.78, 5) is 45.6. The fraction of sp³-hybridized carbons (Fsp3) is 0.333. The molecule has 0 spiro atoms. The number of likely N-dealkylation sites (N-methyl/N-ethyl adjacent to an activating group) is 1. The van der Waals surface area contributed by atoms with Crippen molar-refractivity contribution in [3.63, 3.8) is 0 Å². The summed E-state index contributed by atoms with van der Waals surface area (Å²) >= 11 is 12.2. The van der Waals surface area contributed by atoms with Gasteiger partial charge in [0.05, 0.1) is 15.8 Å². The number of aryl methyl sites for hydroxylation is 1. The van der Waals surface area contributed by atoms with Gasteiger partial charge >= 0.3 is 0 Å². The molecule has 7 nitrogen and oxygen atoms in total. The Bertz CT molecular complexity index is 1180. The minimum atomic E-state index is -0.689. The summed E-state index contributed by atoms with van der Waals surface area (Å²) in [5.41, 5.74) is 2.91. The van der Waals surface area contributed by atoms with Gasteiger partial charge in [-0.05, 0) is 61.7 Å². The summed E-state index contributed by atoms with van der Waals surface area (Å²) in [5.74, 6) is -1.08. The van der Waals surface area contributed by atoms with Gasteiger partial charge in [-0.3, -0.25) is 19.3 Å². The summed E-state index contributed by atoms with van der Waals surface area (Å²) in [5, 5.41) is 5.20. The number of carbonyl (C=O) groups excluding carboxylic acids is 3. The van der Waals surface area contributed by atoms with E-state index in [1.165, 1.54) is 9.80 Å². The van der Waals surface area contributed by atoms with Crippen LogP contribution < -0.4 is 0 Å². The number of piperazine rings is 1. The smallest absolute Gasteiger partial charge is 0.255 e. The van der Waals surface area contributed by atoms with E-state index >= 15 is 0 Å². The average Bonchev–Trinajstić information content (AvgIpc) is 3.18. The van der Waals surface area contributed by atoms with Crippen molar-refractivity contribution in [3.8, 4) is 0 Å². The van der Waals surface area contributed by atoms with Crippen LogP contribution in [-0.2, 0) is 20.0 Å². The monoisotopic (exact) mass is 487 g/mol. The van der Waals surface area contributed by atoms with Crippen molar-refractivity contribution in [2.45, 2.75) is 32.8 Å². The van der Waals surface area contributed by atoms with Crippen molar-refractivity contribution in [3.05, 3.63) is 68.7 Å². The quantitative estimate of drug-likeness (QED) is 0.606. The third-order valence-corrected chi connectivity index (χ3v) is 6.78. The molecule has 1 fully saturated rings. The zero-order valence-corrected chi connectivity index (χ0v) is 20.0. The first-order chi connectivity index (χ1) is 15.6. The topological polar surface area (TPSA) is 79.3 Å². The number of hydrogen-bond donors (Lipinski definition) is 0. The van der Waals surface area contributed by atoms with Gasteiger partial charge < -0.3 is 9.74 Å². The van der Waals surface area contributed by atoms with Gasteiger partial charge in [-0.1, -0.05) is 40.5 Å². The summed E-state index contributed by atoms with van der Waals surface area (Å²) in [7, 11) is 0. The molecule has 0 bridgehead atoms. The van der Waals surface area contributed by atoms with E-state index in [0.29, 0.717) is 28.6 Å². The van der Waals surface area contributed by atoms with Crippen LogP contribution in [0.2, 0.25) is 10.0 Å². The Morgan fingerprint density at radius 2 is 1.79 bits per heavy atom. The molecule has 1 atom stereocenters. The van der Waals surface area contributed by atoms with Crippen molar-refractivity contribution in [2.75, 3.05) is 19.6 Å². The highest BCUT2D eigenvalue weighted by Gasteiger charge is 2.37. The molecule has 1 unspecified atom stereocenters. The SMILES string of the molecule is CCN1C(=O)CN(C(=O)c2ccc(C3=NOC(C)(c4ccc(Cl)c(Cl)c4)C3)cc2C)CC1=O. The van der Waals surface area contributed by atoms with Gasteiger partial charge in [-0.25, -0.2) is 0 Å². The normalized spacial score (nSPS) is 20.7. The predicted molar refractivity (Wildman–Crippen MR) is 126 cm³/mol. The lowest BCUT2D eigenvalue weighted by atomic mass is 9.88. The van der Waals surface area contributed by atoms with Gasteiger partial charge in [0.15, 0.2) is 5.60 Å². The Morgan fingerprint density at radius 1 is 1.09 bits per heavy atom. The number of imide groups is 1. The van der Waals surface area contributed by atoms with Gasteiger partial charge in [-0.2, -0.15) is 0 Å². The molecule has 0 N–H and O–H groups in total. The van der Waals surface area contributed by atoms with Crippen molar-refractivity contribution in [1.29, 1.82) is 0 Å². The number of halogens is 2. The largest absolute Gasteiger partial charge is 0.384 e. The number of oxime groups is 1. The van der Waals surface area contributed by atoms with Gasteiger partial charge in [0, 0.05) is 18.5 Å². The molecule has 33 heavy (non-hydrogen) atoms. The Balaban J connectivity index is 1.51. The van der Waals surface area contributed by atoms with E-state index in [1.807, 2.05) is 26.0 Å². The third-order valence-electron chi connectivity index (χ3n) is 6.04. The lowest BCUT2D eigenvalue weighted by Crippen LogP contribution is -2.55. The molecule has 0 saturated carbocycles. The molecule has 2 aliphatic heterocycles. The fourth-order valence-electron chi connectivity index (χ4n) is 4.12. The highest BCUT2D eigenvalue weighted by atomic mass is 35.5. The number of benzene rings is 2. The zero-order valence-electron chi connectivity index (χ0n) is 18.5. The first-order valence-electron chi connectivity index (χ1n) is 10.6. The standard InChI is InChI=1S/C24H23Cl2N3O4/c1-4-29-21(30)12-28(13-22(29)31)23(32)17-7-5-15(9-14(17)2)20-11-24(3,33-27-20)16-6-8-18(25)19(26)10-16/h5-10H,4,11-13H2,1-3H3. The van der Waals surface area contributed by atoms with E-state index in [2.05, 4.69) is 5.16 Å². The van der Waals surface area contributed by atoms with Crippen LogP contribution in [-0.4, -0.2) is 52.9 Å². The van der Waals surface area contributed by atoms with Crippen LogP contribution in [0, 0.1) is 6.92 Å². The highest BCUT2D eigenvalue weighted by molar-refractivity contribution is 6.42. The average molecular weight is 488 g/mol. The Morgan fingerprint density at radius 3 is 2.39 bits per heavy atom. The van der Waals surface area contributed by atoms with Crippen LogP contribution in [0.1, 0.15) is 47.3 Å². The van der Waals surface area contributed by atoms with Crippen LogP contribution in [0.3, 0.4) is 0 Å². The maximum absolute atomic E-state index is 13.0. The molecule has 9 heteroatoms. The fourth-order valence-corrected chi connectivity index (χ4v) is 4.41. The lowest BCUT2D eigenvalue weighted by Gasteiger charge is -2.32. The molecule has 2 aromatic carbocycles. The molecule has 4 rings (SSSR count). The van der Waals surface area contributed by atoms with Crippen LogP contribution in [0.15, 0.2) is 41.6 Å². The van der Waals surface area contributed by atoms with Crippen molar-refractivity contribution < 1.29 is 19.2 Å². The molecule has 2 aromatic rings. The minimum Gasteiger partial charge on any atom is -0.384 e. The van der Waals surface area contributed by atoms with E-state index in [0.717, 1.165) is 22.4 Å². The Hall–Kier alpha value is -2.90. The number of rotatable bonds is 4. The van der Waals surface area contributed by atoms with E-state index < -0.39 is 5.60 Å². The van der Waals surface area contributed by atoms with E-state index in [4.69, 9.17) is 28.0 Å². The third kappa shape index (κ3) is 4.35. The molecule has 0 radical (unpaired) electrons. The number of hydrogen-bond acceptors (Lipinski definition) is 5. The first-order valence-corrected chi connectivity index (χ1v) is 11.3. The summed E-state index contributed by atoms with van der Waals surface area (Å²) in [6, 6.07) is 10.7. The predicted octanol–water partition coefficient (Wildman–Crippen LogP) is 4.17. The summed E-state index contributed by atoms with van der Waals surface area (Å²) in [6.45, 7) is 5.57. The second-order valence-corrected chi connectivity index (χ2v) is 9.20. The van der Waals surface area contributed by atoms with Crippen LogP contribution >= 0.6 is 23.2 Å². The molecule has 0 aliphatic carbocycles. The van der Waals surface area contributed by atoms with E-state index in [9.17, 15) is 14.4 Å². The summed E-state index contributed by atoms with van der Waals surface area (Å²) in [6.07, 6.45) is 0.514. The first kappa shape index (κ1) is 23.3. The molecule has 3 amide bonds. The van der Waals surface area contributed by atoms with Crippen molar-refractivity contribution >= 4 is 46.6 Å². The van der Waals surface area contributed by atoms with Gasteiger partial charge in [0.2, 0.25) is 11.8 Å². The summed E-state index contributed by atoms with van der Waals surface area (Å²) < 4.78 is 0. The minimum absolute atomic E-state index is 0.109. The lowest BCUT2D eigenvalue weighted by molar-refractivity contribution is -0.149. The van der Waals surface area contributed by atoms with Gasteiger partial charge in [0.25, 0.3) is 5.91 Å². The molecule has 2 aliphatic rings. The molecule has 2 heterocycles. The Kier molecular flexibility index (Phi) is 6.20. The number of amides is 3. The van der Waals surface area contributed by atoms with Gasteiger partial charge in [0.1, 0.15) is 13.1 Å². The molecular formula is C24H23Cl2N3O4.